The van der Waals surface area contributed by atoms with Crippen molar-refractivity contribution < 1.29 is 24.2 Å². The number of β-lactam (4-membered cyclic amide) rings is 1. The topological polar surface area (TPSA) is 76.1 Å². The highest BCUT2D eigenvalue weighted by Crippen LogP contribution is 2.33. The van der Waals surface area contributed by atoms with Gasteiger partial charge in [-0.1, -0.05) is 30.3 Å². The summed E-state index contributed by atoms with van der Waals surface area (Å²) in [4.78, 5) is 26.0. The summed E-state index contributed by atoms with van der Waals surface area (Å²) < 4.78 is 10.4. The van der Waals surface area contributed by atoms with Crippen molar-refractivity contribution in [3.05, 3.63) is 72.3 Å². The first kappa shape index (κ1) is 20.5. The monoisotopic (exact) mass is 395 g/mol. The van der Waals surface area contributed by atoms with Crippen LogP contribution in [0.4, 0.5) is 0 Å². The first-order valence-corrected chi connectivity index (χ1v) is 9.42. The second-order valence-corrected chi connectivity index (χ2v) is 7.05. The minimum atomic E-state index is -1.01. The van der Waals surface area contributed by atoms with Gasteiger partial charge in [-0.25, -0.2) is 4.79 Å². The molecule has 6 heteroatoms. The van der Waals surface area contributed by atoms with Crippen LogP contribution in [0.1, 0.15) is 11.1 Å². The number of nitrogens with zero attached hydrogens (tertiary/aromatic N) is 1. The molecule has 1 heterocycles. The number of hydrogen-bond donors (Lipinski definition) is 1. The number of ether oxygens (including phenoxy) is 2. The van der Waals surface area contributed by atoms with Gasteiger partial charge >= 0.3 is 5.97 Å². The molecule has 2 atom stereocenters. The van der Waals surface area contributed by atoms with E-state index in [4.69, 9.17) is 9.47 Å². The van der Waals surface area contributed by atoms with Gasteiger partial charge in [-0.3, -0.25) is 4.79 Å². The van der Waals surface area contributed by atoms with Crippen LogP contribution < -0.4 is 9.47 Å². The van der Waals surface area contributed by atoms with Crippen LogP contribution in [0, 0.1) is 5.92 Å². The van der Waals surface area contributed by atoms with E-state index in [0.29, 0.717) is 12.8 Å². The molecule has 152 valence electrons. The van der Waals surface area contributed by atoms with E-state index in [1.165, 1.54) is 11.0 Å². The Morgan fingerprint density at radius 1 is 1.03 bits per heavy atom. The SMILES string of the molecule is C=CC1C(=O)N(C(Cc2ccc(OC)cc2)Cc2ccc(OC)cc2)C1C(=O)O. The summed E-state index contributed by atoms with van der Waals surface area (Å²) in [7, 11) is 3.21. The maximum Gasteiger partial charge on any atom is 0.327 e. The number of carboxylic acids is 1. The second kappa shape index (κ2) is 8.82. The third-order valence-electron chi connectivity index (χ3n) is 5.34. The van der Waals surface area contributed by atoms with Gasteiger partial charge in [0.25, 0.3) is 0 Å². The van der Waals surface area contributed by atoms with E-state index in [1.807, 2.05) is 48.5 Å². The highest BCUT2D eigenvalue weighted by Gasteiger charge is 2.52. The van der Waals surface area contributed by atoms with Gasteiger partial charge in [0.15, 0.2) is 0 Å². The summed E-state index contributed by atoms with van der Waals surface area (Å²) in [5, 5.41) is 9.67. The van der Waals surface area contributed by atoms with Crippen LogP contribution in [-0.4, -0.2) is 48.2 Å². The third-order valence-corrected chi connectivity index (χ3v) is 5.34. The number of carbonyl (C=O) groups excluding carboxylic acids is 1. The fourth-order valence-electron chi connectivity index (χ4n) is 3.78. The molecule has 0 bridgehead atoms. The number of carboxylic acid groups (broad SMARTS) is 1. The Kier molecular flexibility index (Phi) is 6.22. The summed E-state index contributed by atoms with van der Waals surface area (Å²) in [6.45, 7) is 3.63. The molecule has 1 amide bonds. The molecule has 0 saturated carbocycles. The van der Waals surface area contributed by atoms with E-state index in [1.54, 1.807) is 14.2 Å². The molecule has 2 aromatic carbocycles. The van der Waals surface area contributed by atoms with Crippen molar-refractivity contribution in [3.63, 3.8) is 0 Å². The van der Waals surface area contributed by atoms with Crippen LogP contribution in [0.3, 0.4) is 0 Å². The smallest absolute Gasteiger partial charge is 0.327 e. The quantitative estimate of drug-likeness (QED) is 0.522. The van der Waals surface area contributed by atoms with Gasteiger partial charge in [0.05, 0.1) is 20.1 Å². The number of carbonyl (C=O) groups is 2. The van der Waals surface area contributed by atoms with Crippen molar-refractivity contribution in [1.82, 2.24) is 4.90 Å². The highest BCUT2D eigenvalue weighted by atomic mass is 16.5. The lowest BCUT2D eigenvalue weighted by Crippen LogP contribution is -2.67. The molecule has 0 spiro atoms. The van der Waals surface area contributed by atoms with Gasteiger partial charge in [-0.2, -0.15) is 0 Å². The third kappa shape index (κ3) is 4.26. The standard InChI is InChI=1S/C23H25NO5/c1-4-20-21(23(26)27)24(22(20)25)17(13-15-5-9-18(28-2)10-6-15)14-16-7-11-19(29-3)12-8-16/h4-12,17,20-21H,1,13-14H2,2-3H3,(H,26,27). The number of amides is 1. The number of benzene rings is 2. The van der Waals surface area contributed by atoms with Crippen LogP contribution >= 0.6 is 0 Å². The van der Waals surface area contributed by atoms with Crippen LogP contribution in [0.25, 0.3) is 0 Å². The summed E-state index contributed by atoms with van der Waals surface area (Å²) in [5.74, 6) is -0.392. The number of rotatable bonds is 9. The van der Waals surface area contributed by atoms with Crippen LogP contribution in [0.15, 0.2) is 61.2 Å². The molecule has 1 saturated heterocycles. The lowest BCUT2D eigenvalue weighted by atomic mass is 9.83. The molecule has 3 rings (SSSR count). The van der Waals surface area contributed by atoms with Crippen molar-refractivity contribution in [2.45, 2.75) is 24.9 Å². The minimum absolute atomic E-state index is 0.195. The van der Waals surface area contributed by atoms with Gasteiger partial charge in [-0.05, 0) is 48.2 Å². The van der Waals surface area contributed by atoms with E-state index < -0.39 is 17.9 Å². The second-order valence-electron chi connectivity index (χ2n) is 7.05. The Morgan fingerprint density at radius 3 is 1.83 bits per heavy atom. The van der Waals surface area contributed by atoms with E-state index in [-0.39, 0.29) is 11.9 Å². The average molecular weight is 395 g/mol. The fourth-order valence-corrected chi connectivity index (χ4v) is 3.78. The number of likely N-dealkylation sites (tertiary alicyclic amines) is 1. The molecule has 1 N–H and O–H groups in total. The molecule has 1 aliphatic heterocycles. The minimum Gasteiger partial charge on any atom is -0.497 e. The van der Waals surface area contributed by atoms with Gasteiger partial charge in [0.2, 0.25) is 5.91 Å². The predicted octanol–water partition coefficient (Wildman–Crippen LogP) is 2.96. The van der Waals surface area contributed by atoms with Crippen molar-refractivity contribution in [3.8, 4) is 11.5 Å². The lowest BCUT2D eigenvalue weighted by Gasteiger charge is -2.48. The Labute approximate surface area is 170 Å². The lowest BCUT2D eigenvalue weighted by molar-refractivity contribution is -0.171. The first-order valence-electron chi connectivity index (χ1n) is 9.42. The number of methoxy groups -OCH3 is 2. The maximum absolute atomic E-state index is 12.7. The Bertz CT molecular complexity index is 826. The van der Waals surface area contributed by atoms with Crippen molar-refractivity contribution in [2.24, 2.45) is 5.92 Å². The average Bonchev–Trinajstić information content (AvgIpc) is 2.73. The molecule has 0 radical (unpaired) electrons. The van der Waals surface area contributed by atoms with E-state index in [9.17, 15) is 14.7 Å². The molecule has 1 aliphatic rings. The maximum atomic E-state index is 12.7. The summed E-state index contributed by atoms with van der Waals surface area (Å²) in [5.41, 5.74) is 2.01. The zero-order chi connectivity index (χ0) is 21.0. The Balaban J connectivity index is 1.88. The van der Waals surface area contributed by atoms with Gasteiger partial charge in [0.1, 0.15) is 17.5 Å². The molecule has 1 fully saturated rings. The van der Waals surface area contributed by atoms with Crippen molar-refractivity contribution >= 4 is 11.9 Å². The normalized spacial score (nSPS) is 18.3. The molecule has 2 aromatic rings. The zero-order valence-electron chi connectivity index (χ0n) is 16.6. The molecule has 0 aromatic heterocycles. The molecule has 6 nitrogen and oxygen atoms in total. The molecular formula is C23H25NO5. The Hall–Kier alpha value is -3.28. The van der Waals surface area contributed by atoms with Crippen LogP contribution in [0.2, 0.25) is 0 Å². The predicted molar refractivity (Wildman–Crippen MR) is 109 cm³/mol. The van der Waals surface area contributed by atoms with E-state index >= 15 is 0 Å². The van der Waals surface area contributed by atoms with E-state index in [2.05, 4.69) is 6.58 Å². The van der Waals surface area contributed by atoms with Gasteiger partial charge < -0.3 is 19.5 Å². The highest BCUT2D eigenvalue weighted by molar-refractivity contribution is 5.98. The van der Waals surface area contributed by atoms with Gasteiger partial charge in [0, 0.05) is 6.04 Å². The van der Waals surface area contributed by atoms with Crippen LogP contribution in [-0.2, 0) is 22.4 Å². The molecule has 29 heavy (non-hydrogen) atoms. The van der Waals surface area contributed by atoms with Crippen molar-refractivity contribution in [1.29, 1.82) is 0 Å². The largest absolute Gasteiger partial charge is 0.497 e. The fraction of sp³-hybridized carbons (Fsp3) is 0.304. The first-order chi connectivity index (χ1) is 14.0. The van der Waals surface area contributed by atoms with Crippen molar-refractivity contribution in [2.75, 3.05) is 14.2 Å². The van der Waals surface area contributed by atoms with Crippen LogP contribution in [0.5, 0.6) is 11.5 Å². The molecular weight excluding hydrogens is 370 g/mol. The number of hydrogen-bond acceptors (Lipinski definition) is 4. The number of aliphatic carboxylic acids is 1. The zero-order valence-corrected chi connectivity index (χ0v) is 16.6. The summed E-state index contributed by atoms with van der Waals surface area (Å²) in [6, 6.07) is 14.0. The summed E-state index contributed by atoms with van der Waals surface area (Å²) in [6.07, 6.45) is 2.50. The van der Waals surface area contributed by atoms with Gasteiger partial charge in [-0.15, -0.1) is 6.58 Å². The molecule has 2 unspecified atom stereocenters. The Morgan fingerprint density at radius 2 is 1.48 bits per heavy atom. The molecule has 0 aliphatic carbocycles. The summed E-state index contributed by atoms with van der Waals surface area (Å²) >= 11 is 0. The van der Waals surface area contributed by atoms with E-state index in [0.717, 1.165) is 22.6 Å².